The number of piperidine rings is 1. The minimum Gasteiger partial charge on any atom is -0.335 e. The molecule has 0 unspecified atom stereocenters. The van der Waals surface area contributed by atoms with Gasteiger partial charge in [0, 0.05) is 43.8 Å². The summed E-state index contributed by atoms with van der Waals surface area (Å²) in [5.41, 5.74) is 1.29. The number of nitrogens with zero attached hydrogens (tertiary/aromatic N) is 2. The molecule has 1 aromatic carbocycles. The molecule has 1 aromatic rings. The van der Waals surface area contributed by atoms with Crippen LogP contribution in [0, 0.1) is 5.92 Å². The first-order chi connectivity index (χ1) is 11.6. The number of hydrogen-bond acceptors (Lipinski definition) is 2. The Morgan fingerprint density at radius 3 is 2.54 bits per heavy atom. The van der Waals surface area contributed by atoms with Crippen LogP contribution in [-0.4, -0.2) is 48.1 Å². The number of carbonyl (C=O) groups is 1. The van der Waals surface area contributed by atoms with Crippen LogP contribution in [0.1, 0.15) is 24.8 Å². The Labute approximate surface area is 149 Å². The first-order valence-electron chi connectivity index (χ1n) is 8.79. The molecule has 24 heavy (non-hydrogen) atoms. The average molecular weight is 348 g/mol. The maximum Gasteiger partial charge on any atom is 0.317 e. The monoisotopic (exact) mass is 347 g/mol. The van der Waals surface area contributed by atoms with Gasteiger partial charge in [-0.2, -0.15) is 0 Å². The number of likely N-dealkylation sites (tertiary alicyclic amines) is 2. The van der Waals surface area contributed by atoms with Gasteiger partial charge in [0.25, 0.3) is 0 Å². The molecule has 0 saturated carbocycles. The van der Waals surface area contributed by atoms with Crippen LogP contribution in [0.2, 0.25) is 5.02 Å². The highest BCUT2D eigenvalue weighted by atomic mass is 35.5. The molecule has 0 radical (unpaired) electrons. The molecule has 0 bridgehead atoms. The lowest BCUT2D eigenvalue weighted by molar-refractivity contribution is 0.173. The molecule has 2 aliphatic heterocycles. The molecule has 0 aliphatic carbocycles. The van der Waals surface area contributed by atoms with Gasteiger partial charge in [0.15, 0.2) is 0 Å². The van der Waals surface area contributed by atoms with Crippen LogP contribution in [0.4, 0.5) is 4.79 Å². The fraction of sp³-hybridized carbons (Fsp3) is 0.526. The highest BCUT2D eigenvalue weighted by molar-refractivity contribution is 6.30. The number of benzene rings is 1. The van der Waals surface area contributed by atoms with Gasteiger partial charge < -0.3 is 10.2 Å². The lowest BCUT2D eigenvalue weighted by Crippen LogP contribution is -2.48. The summed E-state index contributed by atoms with van der Waals surface area (Å²) in [5.74, 6) is 0.456. The molecule has 0 spiro atoms. The van der Waals surface area contributed by atoms with E-state index >= 15 is 0 Å². The number of hydrogen-bond donors (Lipinski definition) is 1. The summed E-state index contributed by atoms with van der Waals surface area (Å²) >= 11 is 5.93. The molecule has 4 nitrogen and oxygen atoms in total. The third-order valence-electron chi connectivity index (χ3n) is 5.08. The molecule has 2 amide bonds. The minimum absolute atomic E-state index is 0.0931. The number of nitrogens with one attached hydrogen (secondary N) is 1. The van der Waals surface area contributed by atoms with Gasteiger partial charge in [-0.15, -0.1) is 6.58 Å². The smallest absolute Gasteiger partial charge is 0.317 e. The van der Waals surface area contributed by atoms with E-state index in [1.54, 1.807) is 0 Å². The van der Waals surface area contributed by atoms with E-state index in [1.807, 2.05) is 23.1 Å². The van der Waals surface area contributed by atoms with Crippen LogP contribution >= 0.6 is 11.6 Å². The molecular weight excluding hydrogens is 322 g/mol. The third kappa shape index (κ3) is 4.52. The number of carbonyl (C=O) groups excluding carboxylic acids is 1. The topological polar surface area (TPSA) is 35.6 Å². The van der Waals surface area contributed by atoms with Crippen molar-refractivity contribution in [3.8, 4) is 0 Å². The van der Waals surface area contributed by atoms with Gasteiger partial charge in [-0.3, -0.25) is 4.90 Å². The molecule has 5 heteroatoms. The van der Waals surface area contributed by atoms with Crippen molar-refractivity contribution in [3.63, 3.8) is 0 Å². The summed E-state index contributed by atoms with van der Waals surface area (Å²) in [4.78, 5) is 16.7. The van der Waals surface area contributed by atoms with Crippen LogP contribution < -0.4 is 5.32 Å². The maximum absolute atomic E-state index is 12.3. The predicted molar refractivity (Wildman–Crippen MR) is 98.2 cm³/mol. The van der Waals surface area contributed by atoms with E-state index in [0.29, 0.717) is 12.0 Å². The van der Waals surface area contributed by atoms with Crippen molar-refractivity contribution < 1.29 is 4.79 Å². The van der Waals surface area contributed by atoms with Crippen molar-refractivity contribution >= 4 is 17.6 Å². The SMILES string of the molecule is C=C[C@H]1CCN(C(=O)NC2CCN(Cc3ccc(Cl)cc3)CC2)C1. The second-order valence-electron chi connectivity index (χ2n) is 6.86. The van der Waals surface area contributed by atoms with E-state index < -0.39 is 0 Å². The number of rotatable bonds is 4. The van der Waals surface area contributed by atoms with E-state index in [2.05, 4.69) is 28.9 Å². The Hall–Kier alpha value is -1.52. The van der Waals surface area contributed by atoms with E-state index in [1.165, 1.54) is 5.56 Å². The van der Waals surface area contributed by atoms with Crippen molar-refractivity contribution in [3.05, 3.63) is 47.5 Å². The summed E-state index contributed by atoms with van der Waals surface area (Å²) in [6.45, 7) is 8.47. The van der Waals surface area contributed by atoms with Gasteiger partial charge in [0.1, 0.15) is 0 Å². The van der Waals surface area contributed by atoms with Crippen molar-refractivity contribution in [1.29, 1.82) is 0 Å². The zero-order valence-electron chi connectivity index (χ0n) is 14.1. The van der Waals surface area contributed by atoms with Crippen molar-refractivity contribution in [2.45, 2.75) is 31.8 Å². The largest absolute Gasteiger partial charge is 0.335 e. The molecule has 1 N–H and O–H groups in total. The van der Waals surface area contributed by atoms with Crippen LogP contribution in [0.15, 0.2) is 36.9 Å². The van der Waals surface area contributed by atoms with Crippen LogP contribution in [-0.2, 0) is 6.54 Å². The molecule has 2 fully saturated rings. The zero-order chi connectivity index (χ0) is 16.9. The summed E-state index contributed by atoms with van der Waals surface area (Å²) in [5, 5.41) is 3.98. The van der Waals surface area contributed by atoms with Crippen LogP contribution in [0.25, 0.3) is 0 Å². The summed E-state index contributed by atoms with van der Waals surface area (Å²) in [7, 11) is 0. The Bertz CT molecular complexity index is 566. The van der Waals surface area contributed by atoms with Crippen molar-refractivity contribution in [2.75, 3.05) is 26.2 Å². The highest BCUT2D eigenvalue weighted by Gasteiger charge is 2.27. The first kappa shape index (κ1) is 17.3. The van der Waals surface area contributed by atoms with Gasteiger partial charge in [-0.1, -0.05) is 29.8 Å². The Morgan fingerprint density at radius 2 is 1.92 bits per heavy atom. The Balaban J connectivity index is 1.41. The van der Waals surface area contributed by atoms with E-state index in [-0.39, 0.29) is 6.03 Å². The Morgan fingerprint density at radius 1 is 1.21 bits per heavy atom. The van der Waals surface area contributed by atoms with Crippen molar-refractivity contribution in [2.24, 2.45) is 5.92 Å². The molecule has 1 atom stereocenters. The Kier molecular flexibility index (Phi) is 5.80. The van der Waals surface area contributed by atoms with Crippen LogP contribution in [0.3, 0.4) is 0 Å². The average Bonchev–Trinajstić information content (AvgIpc) is 3.08. The minimum atomic E-state index is 0.0931. The van der Waals surface area contributed by atoms with Gasteiger partial charge in [-0.25, -0.2) is 4.79 Å². The molecule has 3 rings (SSSR count). The summed E-state index contributed by atoms with van der Waals surface area (Å²) in [6.07, 6.45) is 5.02. The maximum atomic E-state index is 12.3. The molecule has 2 aliphatic rings. The fourth-order valence-corrected chi connectivity index (χ4v) is 3.64. The van der Waals surface area contributed by atoms with Gasteiger partial charge >= 0.3 is 6.03 Å². The molecular formula is C19H26ClN3O. The molecule has 130 valence electrons. The van der Waals surface area contributed by atoms with E-state index in [9.17, 15) is 4.79 Å². The quantitative estimate of drug-likeness (QED) is 0.846. The number of amides is 2. The van der Waals surface area contributed by atoms with Gasteiger partial charge in [0.2, 0.25) is 0 Å². The lowest BCUT2D eigenvalue weighted by atomic mass is 10.0. The number of urea groups is 1. The normalized spacial score (nSPS) is 22.5. The summed E-state index contributed by atoms with van der Waals surface area (Å²) in [6, 6.07) is 8.43. The molecule has 2 heterocycles. The zero-order valence-corrected chi connectivity index (χ0v) is 14.8. The lowest BCUT2D eigenvalue weighted by Gasteiger charge is -2.33. The van der Waals surface area contributed by atoms with Gasteiger partial charge in [-0.05, 0) is 42.9 Å². The predicted octanol–water partition coefficient (Wildman–Crippen LogP) is 3.52. The van der Waals surface area contributed by atoms with E-state index in [0.717, 1.165) is 57.0 Å². The van der Waals surface area contributed by atoms with Crippen molar-refractivity contribution in [1.82, 2.24) is 15.1 Å². The fourth-order valence-electron chi connectivity index (χ4n) is 3.51. The standard InChI is InChI=1S/C19H26ClN3O/c1-2-15-7-12-23(14-15)19(24)21-18-8-10-22(11-9-18)13-16-3-5-17(20)6-4-16/h2-6,15,18H,1,7-14H2,(H,21,24)/t15-/m0/s1. The number of halogens is 1. The summed E-state index contributed by atoms with van der Waals surface area (Å²) < 4.78 is 0. The molecule has 2 saturated heterocycles. The second kappa shape index (κ2) is 8.04. The van der Waals surface area contributed by atoms with E-state index in [4.69, 9.17) is 11.6 Å². The molecule has 0 aromatic heterocycles. The third-order valence-corrected chi connectivity index (χ3v) is 5.33. The highest BCUT2D eigenvalue weighted by Crippen LogP contribution is 2.19. The van der Waals surface area contributed by atoms with Gasteiger partial charge in [0.05, 0.1) is 0 Å². The second-order valence-corrected chi connectivity index (χ2v) is 7.29. The van der Waals surface area contributed by atoms with Crippen LogP contribution in [0.5, 0.6) is 0 Å². The first-order valence-corrected chi connectivity index (χ1v) is 9.16.